The maximum atomic E-state index is 13.2. The largest absolute Gasteiger partial charge is 0.294 e. The monoisotopic (exact) mass is 284 g/mol. The van der Waals surface area contributed by atoms with E-state index >= 15 is 0 Å². The van der Waals surface area contributed by atoms with Crippen LogP contribution in [0.25, 0.3) is 11.1 Å². The molecule has 0 bridgehead atoms. The van der Waals surface area contributed by atoms with E-state index in [9.17, 15) is 9.18 Å². The van der Waals surface area contributed by atoms with Gasteiger partial charge in [-0.3, -0.25) is 4.79 Å². The van der Waals surface area contributed by atoms with Crippen LogP contribution in [0.5, 0.6) is 0 Å². The third kappa shape index (κ3) is 3.05. The third-order valence-corrected chi connectivity index (χ3v) is 3.84. The fourth-order valence-electron chi connectivity index (χ4n) is 2.99. The second-order valence-corrected chi connectivity index (χ2v) is 5.55. The normalized spacial score (nSPS) is 10.7. The summed E-state index contributed by atoms with van der Waals surface area (Å²) in [6, 6.07) is 8.50. The molecule has 21 heavy (non-hydrogen) atoms. The summed E-state index contributed by atoms with van der Waals surface area (Å²) in [4.78, 5) is 12.1. The van der Waals surface area contributed by atoms with Crippen LogP contribution in [0.4, 0.5) is 4.39 Å². The van der Waals surface area contributed by atoms with Crippen molar-refractivity contribution in [3.63, 3.8) is 0 Å². The lowest BCUT2D eigenvalue weighted by molar-refractivity contribution is 0.101. The smallest absolute Gasteiger partial charge is 0.160 e. The number of hydrogen-bond acceptors (Lipinski definition) is 1. The van der Waals surface area contributed by atoms with Crippen molar-refractivity contribution in [1.82, 2.24) is 0 Å². The Morgan fingerprint density at radius 3 is 2.24 bits per heavy atom. The molecule has 2 aromatic rings. The second-order valence-electron chi connectivity index (χ2n) is 5.55. The molecule has 0 amide bonds. The van der Waals surface area contributed by atoms with Crippen LogP contribution in [-0.2, 0) is 6.42 Å². The predicted octanol–water partition coefficient (Wildman–Crippen LogP) is 5.26. The van der Waals surface area contributed by atoms with Crippen molar-refractivity contribution in [2.45, 2.75) is 40.5 Å². The average molecular weight is 284 g/mol. The molecule has 0 aliphatic carbocycles. The highest BCUT2D eigenvalue weighted by molar-refractivity contribution is 6.03. The van der Waals surface area contributed by atoms with E-state index in [-0.39, 0.29) is 11.6 Å². The fraction of sp³-hybridized carbons (Fsp3) is 0.316. The van der Waals surface area contributed by atoms with Gasteiger partial charge in [-0.15, -0.1) is 0 Å². The highest BCUT2D eigenvalue weighted by atomic mass is 19.1. The standard InChI is InChI=1S/C19H21FO/c1-5-6-17-12(2)11-13(3)18(14(4)21)19(17)15-7-9-16(20)10-8-15/h7-11H,5-6H2,1-4H3. The maximum Gasteiger partial charge on any atom is 0.160 e. The molecule has 0 aliphatic heterocycles. The quantitative estimate of drug-likeness (QED) is 0.699. The molecular weight excluding hydrogens is 263 g/mol. The van der Waals surface area contributed by atoms with E-state index in [0.717, 1.165) is 35.1 Å². The van der Waals surface area contributed by atoms with E-state index in [1.807, 2.05) is 6.92 Å². The molecule has 0 heterocycles. The zero-order valence-corrected chi connectivity index (χ0v) is 13.1. The van der Waals surface area contributed by atoms with Gasteiger partial charge < -0.3 is 0 Å². The van der Waals surface area contributed by atoms with Crippen molar-refractivity contribution in [3.05, 3.63) is 58.4 Å². The number of hydrogen-bond donors (Lipinski definition) is 0. The molecule has 0 fully saturated rings. The van der Waals surface area contributed by atoms with Gasteiger partial charge in [0.25, 0.3) is 0 Å². The first-order valence-corrected chi connectivity index (χ1v) is 7.35. The summed E-state index contributed by atoms with van der Waals surface area (Å²) in [5.41, 5.74) is 6.02. The summed E-state index contributed by atoms with van der Waals surface area (Å²) < 4.78 is 13.2. The van der Waals surface area contributed by atoms with Crippen LogP contribution in [0.2, 0.25) is 0 Å². The topological polar surface area (TPSA) is 17.1 Å². The highest BCUT2D eigenvalue weighted by Gasteiger charge is 2.18. The van der Waals surface area contributed by atoms with E-state index in [4.69, 9.17) is 0 Å². The zero-order chi connectivity index (χ0) is 15.6. The Hall–Kier alpha value is -1.96. The molecule has 0 atom stereocenters. The van der Waals surface area contributed by atoms with Gasteiger partial charge in [0.05, 0.1) is 0 Å². The lowest BCUT2D eigenvalue weighted by atomic mass is 9.85. The van der Waals surface area contributed by atoms with Crippen molar-refractivity contribution in [3.8, 4) is 11.1 Å². The number of halogens is 1. The summed E-state index contributed by atoms with van der Waals surface area (Å²) in [6.45, 7) is 7.77. The first-order valence-electron chi connectivity index (χ1n) is 7.35. The molecule has 2 rings (SSSR count). The van der Waals surface area contributed by atoms with E-state index in [0.29, 0.717) is 0 Å². The van der Waals surface area contributed by atoms with Crippen molar-refractivity contribution in [2.24, 2.45) is 0 Å². The minimum absolute atomic E-state index is 0.0594. The molecule has 0 radical (unpaired) electrons. The molecule has 0 spiro atoms. The number of carbonyl (C=O) groups is 1. The van der Waals surface area contributed by atoms with Crippen molar-refractivity contribution in [1.29, 1.82) is 0 Å². The molecule has 0 saturated carbocycles. The van der Waals surface area contributed by atoms with Crippen LogP contribution in [0.3, 0.4) is 0 Å². The SMILES string of the molecule is CCCc1c(C)cc(C)c(C(C)=O)c1-c1ccc(F)cc1. The predicted molar refractivity (Wildman–Crippen MR) is 85.3 cm³/mol. The number of Topliss-reactive ketones (excluding diaryl/α,β-unsaturated/α-hetero) is 1. The van der Waals surface area contributed by atoms with Gasteiger partial charge in [-0.25, -0.2) is 4.39 Å². The Morgan fingerprint density at radius 2 is 1.71 bits per heavy atom. The Kier molecular flexibility index (Phi) is 4.56. The Labute approximate surface area is 125 Å². The summed E-state index contributed by atoms with van der Waals surface area (Å²) in [5.74, 6) is -0.200. The minimum Gasteiger partial charge on any atom is -0.294 e. The van der Waals surface area contributed by atoms with Gasteiger partial charge in [0, 0.05) is 5.56 Å². The first-order chi connectivity index (χ1) is 9.95. The van der Waals surface area contributed by atoms with Gasteiger partial charge >= 0.3 is 0 Å². The van der Waals surface area contributed by atoms with Crippen LogP contribution >= 0.6 is 0 Å². The summed E-state index contributed by atoms with van der Waals surface area (Å²) in [6.07, 6.45) is 1.93. The Morgan fingerprint density at radius 1 is 1.10 bits per heavy atom. The molecule has 1 nitrogen and oxygen atoms in total. The number of benzene rings is 2. The number of rotatable bonds is 4. The third-order valence-electron chi connectivity index (χ3n) is 3.84. The lowest BCUT2D eigenvalue weighted by Crippen LogP contribution is -2.06. The number of carbonyl (C=O) groups excluding carboxylic acids is 1. The average Bonchev–Trinajstić information content (AvgIpc) is 2.42. The van der Waals surface area contributed by atoms with Crippen LogP contribution in [0.15, 0.2) is 30.3 Å². The van der Waals surface area contributed by atoms with Gasteiger partial charge in [-0.05, 0) is 67.1 Å². The summed E-state index contributed by atoms with van der Waals surface area (Å²) in [5, 5.41) is 0. The van der Waals surface area contributed by atoms with Crippen molar-refractivity contribution >= 4 is 5.78 Å². The molecule has 0 saturated heterocycles. The van der Waals surface area contributed by atoms with E-state index in [1.165, 1.54) is 23.3 Å². The van der Waals surface area contributed by atoms with Crippen molar-refractivity contribution < 1.29 is 9.18 Å². The Balaban J connectivity index is 2.81. The van der Waals surface area contributed by atoms with E-state index in [1.54, 1.807) is 19.1 Å². The number of ketones is 1. The fourth-order valence-corrected chi connectivity index (χ4v) is 2.99. The molecule has 0 N–H and O–H groups in total. The zero-order valence-electron chi connectivity index (χ0n) is 13.1. The van der Waals surface area contributed by atoms with Gasteiger partial charge in [-0.1, -0.05) is 31.5 Å². The number of aryl methyl sites for hydroxylation is 2. The van der Waals surface area contributed by atoms with Gasteiger partial charge in [-0.2, -0.15) is 0 Å². The first kappa shape index (κ1) is 15.4. The molecule has 0 aromatic heterocycles. The van der Waals surface area contributed by atoms with E-state index in [2.05, 4.69) is 19.9 Å². The highest BCUT2D eigenvalue weighted by Crippen LogP contribution is 2.34. The molecular formula is C19H21FO. The van der Waals surface area contributed by atoms with Crippen LogP contribution < -0.4 is 0 Å². The van der Waals surface area contributed by atoms with Gasteiger partial charge in [0.2, 0.25) is 0 Å². The molecule has 2 aromatic carbocycles. The molecule has 0 unspecified atom stereocenters. The lowest BCUT2D eigenvalue weighted by Gasteiger charge is -2.19. The Bertz CT molecular complexity index is 669. The van der Waals surface area contributed by atoms with Gasteiger partial charge in [0.1, 0.15) is 5.82 Å². The summed E-state index contributed by atoms with van der Waals surface area (Å²) >= 11 is 0. The van der Waals surface area contributed by atoms with Crippen LogP contribution in [-0.4, -0.2) is 5.78 Å². The molecule has 2 heteroatoms. The summed E-state index contributed by atoms with van der Waals surface area (Å²) in [7, 11) is 0. The van der Waals surface area contributed by atoms with E-state index < -0.39 is 0 Å². The van der Waals surface area contributed by atoms with Gasteiger partial charge in [0.15, 0.2) is 5.78 Å². The maximum absolute atomic E-state index is 13.2. The van der Waals surface area contributed by atoms with Crippen LogP contribution in [0.1, 0.15) is 47.3 Å². The minimum atomic E-state index is -0.260. The van der Waals surface area contributed by atoms with Crippen LogP contribution in [0, 0.1) is 19.7 Å². The second kappa shape index (κ2) is 6.21. The molecule has 0 aliphatic rings. The van der Waals surface area contributed by atoms with Crippen molar-refractivity contribution in [2.75, 3.05) is 0 Å². The molecule has 110 valence electrons.